The van der Waals surface area contributed by atoms with Crippen molar-refractivity contribution < 1.29 is 9.53 Å². The highest BCUT2D eigenvalue weighted by molar-refractivity contribution is 5.85. The summed E-state index contributed by atoms with van der Waals surface area (Å²) < 4.78 is 5.72. The van der Waals surface area contributed by atoms with Crippen molar-refractivity contribution in [2.24, 2.45) is 5.92 Å². The average molecular weight is 327 g/mol. The lowest BCUT2D eigenvalue weighted by Gasteiger charge is -2.27. The van der Waals surface area contributed by atoms with Crippen LogP contribution in [-0.4, -0.2) is 31.6 Å². The number of carbonyl (C=O) groups excluding carboxylic acids is 1. The molecule has 1 amide bonds. The third kappa shape index (κ3) is 5.85. The van der Waals surface area contributed by atoms with E-state index in [1.165, 1.54) is 0 Å². The third-order valence-electron chi connectivity index (χ3n) is 3.97. The van der Waals surface area contributed by atoms with Crippen LogP contribution in [0.25, 0.3) is 0 Å². The molecule has 1 aromatic carbocycles. The first-order chi connectivity index (χ1) is 10.2. The fraction of sp³-hybridized carbons (Fsp3) is 0.588. The van der Waals surface area contributed by atoms with Gasteiger partial charge < -0.3 is 15.4 Å². The summed E-state index contributed by atoms with van der Waals surface area (Å²) in [6.07, 6.45) is 2.71. The van der Waals surface area contributed by atoms with Crippen LogP contribution >= 0.6 is 12.4 Å². The second-order valence-electron chi connectivity index (χ2n) is 5.84. The smallest absolute Gasteiger partial charge is 0.223 e. The Balaban J connectivity index is 0.00000242. The summed E-state index contributed by atoms with van der Waals surface area (Å²) in [5.74, 6) is 1.29. The SMILES string of the molecule is Cc1ccccc1OCCCNC(=O)[C@H]1CCN[C@@H](C)C1.Cl. The minimum Gasteiger partial charge on any atom is -0.493 e. The van der Waals surface area contributed by atoms with Crippen LogP contribution in [0.15, 0.2) is 24.3 Å². The number of hydrogen-bond acceptors (Lipinski definition) is 3. The van der Waals surface area contributed by atoms with Gasteiger partial charge in [0.1, 0.15) is 5.75 Å². The lowest BCUT2D eigenvalue weighted by atomic mass is 9.92. The predicted molar refractivity (Wildman–Crippen MR) is 91.7 cm³/mol. The second-order valence-corrected chi connectivity index (χ2v) is 5.84. The fourth-order valence-corrected chi connectivity index (χ4v) is 2.70. The average Bonchev–Trinajstić information content (AvgIpc) is 2.48. The van der Waals surface area contributed by atoms with Gasteiger partial charge in [-0.1, -0.05) is 18.2 Å². The fourth-order valence-electron chi connectivity index (χ4n) is 2.70. The van der Waals surface area contributed by atoms with Gasteiger partial charge in [0.15, 0.2) is 0 Å². The molecule has 1 saturated heterocycles. The highest BCUT2D eigenvalue weighted by Crippen LogP contribution is 2.17. The van der Waals surface area contributed by atoms with Crippen LogP contribution in [-0.2, 0) is 4.79 Å². The van der Waals surface area contributed by atoms with Gasteiger partial charge in [-0.05, 0) is 51.3 Å². The van der Waals surface area contributed by atoms with Crippen LogP contribution < -0.4 is 15.4 Å². The van der Waals surface area contributed by atoms with Gasteiger partial charge in [0.25, 0.3) is 0 Å². The first-order valence-electron chi connectivity index (χ1n) is 7.86. The highest BCUT2D eigenvalue weighted by Gasteiger charge is 2.24. The van der Waals surface area contributed by atoms with Gasteiger partial charge >= 0.3 is 0 Å². The topological polar surface area (TPSA) is 50.4 Å². The Kier molecular flexibility index (Phi) is 8.28. The number of halogens is 1. The molecule has 0 spiro atoms. The summed E-state index contributed by atoms with van der Waals surface area (Å²) in [5.41, 5.74) is 1.14. The quantitative estimate of drug-likeness (QED) is 0.790. The predicted octanol–water partition coefficient (Wildman–Crippen LogP) is 2.69. The molecule has 0 unspecified atom stereocenters. The maximum atomic E-state index is 12.1. The van der Waals surface area contributed by atoms with Gasteiger partial charge in [0.05, 0.1) is 6.61 Å². The van der Waals surface area contributed by atoms with Crippen molar-refractivity contribution in [3.05, 3.63) is 29.8 Å². The van der Waals surface area contributed by atoms with Crippen LogP contribution in [0.2, 0.25) is 0 Å². The minimum absolute atomic E-state index is 0. The molecule has 1 fully saturated rings. The molecule has 0 radical (unpaired) electrons. The Bertz CT molecular complexity index is 468. The molecular weight excluding hydrogens is 300 g/mol. The molecule has 0 saturated carbocycles. The van der Waals surface area contributed by atoms with Gasteiger partial charge in [-0.2, -0.15) is 0 Å². The molecule has 22 heavy (non-hydrogen) atoms. The Morgan fingerprint density at radius 2 is 2.18 bits per heavy atom. The van der Waals surface area contributed by atoms with Crippen LogP contribution in [0.4, 0.5) is 0 Å². The van der Waals surface area contributed by atoms with Crippen LogP contribution in [0.5, 0.6) is 5.75 Å². The largest absolute Gasteiger partial charge is 0.493 e. The summed E-state index contributed by atoms with van der Waals surface area (Å²) in [6.45, 7) is 6.43. The first kappa shape index (κ1) is 18.8. The normalized spacial score (nSPS) is 20.8. The zero-order valence-electron chi connectivity index (χ0n) is 13.4. The molecule has 2 N–H and O–H groups in total. The Morgan fingerprint density at radius 3 is 2.91 bits per heavy atom. The standard InChI is InChI=1S/C17H26N2O2.ClH/c1-13-6-3-4-7-16(13)21-11-5-9-19-17(20)15-8-10-18-14(2)12-15;/h3-4,6-7,14-15,18H,5,8-12H2,1-2H3,(H,19,20);1H/t14-,15-;/m0./s1. The van der Waals surface area contributed by atoms with Crippen LogP contribution in [0.1, 0.15) is 31.7 Å². The van der Waals surface area contributed by atoms with E-state index in [1.54, 1.807) is 0 Å². The van der Waals surface area contributed by atoms with Gasteiger partial charge in [-0.25, -0.2) is 0 Å². The summed E-state index contributed by atoms with van der Waals surface area (Å²) >= 11 is 0. The monoisotopic (exact) mass is 326 g/mol. The van der Waals surface area contributed by atoms with Crippen molar-refractivity contribution in [3.63, 3.8) is 0 Å². The van der Waals surface area contributed by atoms with Crippen molar-refractivity contribution in [1.82, 2.24) is 10.6 Å². The number of benzene rings is 1. The maximum absolute atomic E-state index is 12.1. The van der Waals surface area contributed by atoms with E-state index in [9.17, 15) is 4.79 Å². The summed E-state index contributed by atoms with van der Waals surface area (Å²) in [7, 11) is 0. The number of ether oxygens (including phenoxy) is 1. The molecule has 0 aliphatic carbocycles. The van der Waals surface area contributed by atoms with E-state index < -0.39 is 0 Å². The highest BCUT2D eigenvalue weighted by atomic mass is 35.5. The number of hydrogen-bond donors (Lipinski definition) is 2. The van der Waals surface area contributed by atoms with Gasteiger partial charge in [0.2, 0.25) is 5.91 Å². The van der Waals surface area contributed by atoms with Crippen molar-refractivity contribution in [2.45, 2.75) is 39.2 Å². The molecule has 0 bridgehead atoms. The van der Waals surface area contributed by atoms with E-state index in [1.807, 2.05) is 31.2 Å². The number of nitrogens with one attached hydrogen (secondary N) is 2. The Morgan fingerprint density at radius 1 is 1.41 bits per heavy atom. The van der Waals surface area contributed by atoms with Crippen molar-refractivity contribution in [3.8, 4) is 5.75 Å². The van der Waals surface area contributed by atoms with Crippen LogP contribution in [0, 0.1) is 12.8 Å². The minimum atomic E-state index is 0. The molecule has 4 nitrogen and oxygen atoms in total. The Labute approximate surface area is 139 Å². The number of carbonyl (C=O) groups is 1. The van der Waals surface area contributed by atoms with Gasteiger partial charge in [0, 0.05) is 18.5 Å². The molecule has 1 heterocycles. The lowest BCUT2D eigenvalue weighted by molar-refractivity contribution is -0.126. The number of amides is 1. The summed E-state index contributed by atoms with van der Waals surface area (Å²) in [5, 5.41) is 6.39. The second kappa shape index (κ2) is 9.70. The Hall–Kier alpha value is -1.26. The number of aryl methyl sites for hydroxylation is 1. The van der Waals surface area contributed by atoms with Crippen molar-refractivity contribution in [2.75, 3.05) is 19.7 Å². The zero-order valence-corrected chi connectivity index (χ0v) is 14.2. The van der Waals surface area contributed by atoms with E-state index in [2.05, 4.69) is 17.6 Å². The summed E-state index contributed by atoms with van der Waals surface area (Å²) in [6, 6.07) is 8.43. The number of rotatable bonds is 6. The number of para-hydroxylation sites is 1. The molecule has 2 atom stereocenters. The lowest BCUT2D eigenvalue weighted by Crippen LogP contribution is -2.42. The third-order valence-corrected chi connectivity index (χ3v) is 3.97. The molecule has 2 rings (SSSR count). The van der Waals surface area contributed by atoms with E-state index >= 15 is 0 Å². The van der Waals surface area contributed by atoms with E-state index in [0.717, 1.165) is 37.1 Å². The number of piperidine rings is 1. The first-order valence-corrected chi connectivity index (χ1v) is 7.86. The molecular formula is C17H27ClN2O2. The van der Waals surface area contributed by atoms with Crippen LogP contribution in [0.3, 0.4) is 0 Å². The maximum Gasteiger partial charge on any atom is 0.223 e. The molecule has 1 aliphatic heterocycles. The molecule has 124 valence electrons. The van der Waals surface area contributed by atoms with E-state index in [0.29, 0.717) is 19.2 Å². The van der Waals surface area contributed by atoms with Gasteiger partial charge in [-0.15, -0.1) is 12.4 Å². The van der Waals surface area contributed by atoms with Crippen molar-refractivity contribution in [1.29, 1.82) is 0 Å². The zero-order chi connectivity index (χ0) is 15.1. The summed E-state index contributed by atoms with van der Waals surface area (Å²) in [4.78, 5) is 12.1. The molecule has 1 aromatic rings. The molecule has 5 heteroatoms. The van der Waals surface area contributed by atoms with E-state index in [4.69, 9.17) is 4.74 Å². The van der Waals surface area contributed by atoms with Gasteiger partial charge in [-0.3, -0.25) is 4.79 Å². The molecule has 0 aromatic heterocycles. The van der Waals surface area contributed by atoms with E-state index in [-0.39, 0.29) is 24.2 Å². The molecule has 1 aliphatic rings. The van der Waals surface area contributed by atoms with Crippen molar-refractivity contribution >= 4 is 18.3 Å².